The second-order valence-electron chi connectivity index (χ2n) is 11.0. The fourth-order valence-corrected chi connectivity index (χ4v) is 5.67. The van der Waals surface area contributed by atoms with Gasteiger partial charge in [-0.2, -0.15) is 0 Å². The van der Waals surface area contributed by atoms with Crippen LogP contribution in [0.4, 0.5) is 18.9 Å². The van der Waals surface area contributed by atoms with E-state index in [1.165, 1.54) is 24.4 Å². The van der Waals surface area contributed by atoms with Crippen LogP contribution < -0.4 is 20.3 Å². The van der Waals surface area contributed by atoms with E-state index in [9.17, 15) is 27.9 Å². The van der Waals surface area contributed by atoms with Crippen LogP contribution >= 0.6 is 0 Å². The number of rotatable bonds is 9. The van der Waals surface area contributed by atoms with E-state index in [0.29, 0.717) is 28.8 Å². The summed E-state index contributed by atoms with van der Waals surface area (Å²) in [5.41, 5.74) is 2.86. The van der Waals surface area contributed by atoms with Crippen molar-refractivity contribution in [3.05, 3.63) is 70.1 Å². The molecule has 1 saturated heterocycles. The van der Waals surface area contributed by atoms with Crippen molar-refractivity contribution < 1.29 is 32.5 Å². The molecule has 1 atom stereocenters. The minimum atomic E-state index is -4.89. The number of pyridine rings is 1. The van der Waals surface area contributed by atoms with Gasteiger partial charge in [0.05, 0.1) is 16.7 Å². The van der Waals surface area contributed by atoms with Gasteiger partial charge in [0.2, 0.25) is 0 Å². The number of imidazole rings is 1. The van der Waals surface area contributed by atoms with Crippen molar-refractivity contribution in [1.29, 1.82) is 0 Å². The highest BCUT2D eigenvalue weighted by atomic mass is 19.4. The van der Waals surface area contributed by atoms with Gasteiger partial charge in [-0.25, -0.2) is 4.98 Å². The molecule has 1 unspecified atom stereocenters. The minimum Gasteiger partial charge on any atom is -0.487 e. The molecule has 4 aromatic rings. The van der Waals surface area contributed by atoms with Gasteiger partial charge in [-0.05, 0) is 68.9 Å². The molecule has 1 amide bonds. The lowest BCUT2D eigenvalue weighted by molar-refractivity contribution is -0.275. The average Bonchev–Trinajstić information content (AvgIpc) is 3.53. The summed E-state index contributed by atoms with van der Waals surface area (Å²) in [6.07, 6.45) is -2.74. The quantitative estimate of drug-likeness (QED) is 0.225. The number of benzene rings is 2. The summed E-state index contributed by atoms with van der Waals surface area (Å²) in [6, 6.07) is 10.7. The molecule has 2 aliphatic heterocycles. The number of carbonyl (C=O) groups excluding carboxylic acids is 1. The zero-order valence-electron chi connectivity index (χ0n) is 23.8. The number of halogens is 3. The molecule has 0 radical (unpaired) electrons. The molecule has 0 saturated carbocycles. The molecule has 44 heavy (non-hydrogen) atoms. The van der Waals surface area contributed by atoms with Gasteiger partial charge < -0.3 is 39.7 Å². The molecule has 0 bridgehead atoms. The Balaban J connectivity index is 1.15. The van der Waals surface area contributed by atoms with Gasteiger partial charge in [-0.1, -0.05) is 12.1 Å². The minimum absolute atomic E-state index is 0.00952. The van der Waals surface area contributed by atoms with Crippen LogP contribution in [-0.2, 0) is 6.54 Å². The molecule has 6 rings (SSSR count). The number of alkyl halides is 3. The number of likely N-dealkylation sites (tertiary alicyclic amines) is 1. The summed E-state index contributed by atoms with van der Waals surface area (Å²) in [6.45, 7) is 2.00. The van der Waals surface area contributed by atoms with Crippen molar-refractivity contribution >= 4 is 22.6 Å². The predicted octanol–water partition coefficient (Wildman–Crippen LogP) is 3.72. The van der Waals surface area contributed by atoms with Gasteiger partial charge in [-0.3, -0.25) is 9.59 Å². The number of ether oxygens (including phenoxy) is 2. The van der Waals surface area contributed by atoms with Crippen molar-refractivity contribution in [2.75, 3.05) is 38.6 Å². The van der Waals surface area contributed by atoms with Crippen molar-refractivity contribution in [3.63, 3.8) is 0 Å². The summed E-state index contributed by atoms with van der Waals surface area (Å²) in [5, 5.41) is 13.5. The van der Waals surface area contributed by atoms with Crippen LogP contribution in [0.5, 0.6) is 11.5 Å². The number of nitrogens with one attached hydrogen (secondary N) is 3. The molecule has 1 fully saturated rings. The highest BCUT2D eigenvalue weighted by Gasteiger charge is 2.35. The first-order chi connectivity index (χ1) is 21.1. The lowest BCUT2D eigenvalue weighted by Crippen LogP contribution is -2.43. The van der Waals surface area contributed by atoms with Crippen LogP contribution in [0, 0.1) is 0 Å². The summed E-state index contributed by atoms with van der Waals surface area (Å²) in [5.74, 6) is -0.437. The third-order valence-electron chi connectivity index (χ3n) is 7.90. The number of aliphatic hydroxyl groups is 1. The van der Waals surface area contributed by atoms with Gasteiger partial charge in [0.15, 0.2) is 11.5 Å². The number of fused-ring (bicyclic) bond motifs is 2. The normalized spacial score (nSPS) is 16.8. The van der Waals surface area contributed by atoms with E-state index in [2.05, 4.69) is 37.0 Å². The van der Waals surface area contributed by atoms with Gasteiger partial charge in [0, 0.05) is 30.9 Å². The molecular formula is C30H31F3N6O5. The SMILES string of the molecule is CN1CCC(N2Cc3cc4[nH]c(-c5c(NCC(O)COc6ccccc6OC(F)(F)F)cc[nH]c5=O)nc4cc3C2=O)CC1. The first kappa shape index (κ1) is 29.5. The van der Waals surface area contributed by atoms with Crippen molar-refractivity contribution in [1.82, 2.24) is 24.8 Å². The lowest BCUT2D eigenvalue weighted by Gasteiger charge is -2.34. The fourth-order valence-electron chi connectivity index (χ4n) is 5.67. The number of hydrogen-bond acceptors (Lipinski definition) is 8. The highest BCUT2D eigenvalue weighted by Crippen LogP contribution is 2.34. The van der Waals surface area contributed by atoms with Gasteiger partial charge in [0.1, 0.15) is 24.1 Å². The number of aromatic amines is 2. The lowest BCUT2D eigenvalue weighted by atomic mass is 10.0. The summed E-state index contributed by atoms with van der Waals surface area (Å²) in [4.78, 5) is 40.9. The Kier molecular flexibility index (Phi) is 7.95. The van der Waals surface area contributed by atoms with Crippen molar-refractivity contribution in [2.24, 2.45) is 0 Å². The molecule has 0 aliphatic carbocycles. The molecule has 4 heterocycles. The second kappa shape index (κ2) is 11.8. The Bertz CT molecular complexity index is 1730. The van der Waals surface area contributed by atoms with Gasteiger partial charge in [0.25, 0.3) is 11.5 Å². The first-order valence-corrected chi connectivity index (χ1v) is 14.2. The van der Waals surface area contributed by atoms with Crippen LogP contribution in [0.2, 0.25) is 0 Å². The maximum absolute atomic E-state index is 13.3. The summed E-state index contributed by atoms with van der Waals surface area (Å²) < 4.78 is 47.4. The number of nitrogens with zero attached hydrogens (tertiary/aromatic N) is 3. The number of carbonyl (C=O) groups is 1. The topological polar surface area (TPSA) is 136 Å². The standard InChI is InChI=1S/C30H31F3N6O5/c1-38-10-7-18(8-11-38)39-15-17-12-22-23(13-20(17)29(39)42)37-27(36-22)26-21(6-9-34-28(26)41)35-14-19(40)16-43-24-4-2-3-5-25(24)44-30(31,32)33/h2-6,9,12-13,18-19,40H,7-8,10-11,14-16H2,1H3,(H,36,37)(H2,34,35,41). The Labute approximate surface area is 249 Å². The smallest absolute Gasteiger partial charge is 0.487 e. The van der Waals surface area contributed by atoms with E-state index in [-0.39, 0.29) is 42.2 Å². The van der Waals surface area contributed by atoms with Crippen molar-refractivity contribution in [3.8, 4) is 22.9 Å². The van der Waals surface area contributed by atoms with Crippen LogP contribution in [0.1, 0.15) is 28.8 Å². The van der Waals surface area contributed by atoms with E-state index in [1.807, 2.05) is 11.0 Å². The number of piperidine rings is 1. The monoisotopic (exact) mass is 612 g/mol. The third kappa shape index (κ3) is 6.21. The van der Waals surface area contributed by atoms with Crippen LogP contribution in [0.3, 0.4) is 0 Å². The number of aliphatic hydroxyl groups excluding tert-OH is 1. The van der Waals surface area contributed by atoms with Gasteiger partial charge in [-0.15, -0.1) is 13.2 Å². The van der Waals surface area contributed by atoms with E-state index in [0.717, 1.165) is 37.6 Å². The van der Waals surface area contributed by atoms with Crippen molar-refractivity contribution in [2.45, 2.75) is 37.9 Å². The maximum Gasteiger partial charge on any atom is 0.573 e. The number of aromatic nitrogens is 3. The number of amides is 1. The largest absolute Gasteiger partial charge is 0.573 e. The zero-order chi connectivity index (χ0) is 31.0. The van der Waals surface area contributed by atoms with Gasteiger partial charge >= 0.3 is 6.36 Å². The summed E-state index contributed by atoms with van der Waals surface area (Å²) in [7, 11) is 2.08. The Hall–Kier alpha value is -4.56. The molecule has 2 aromatic heterocycles. The van der Waals surface area contributed by atoms with Crippen LogP contribution in [0.25, 0.3) is 22.4 Å². The predicted molar refractivity (Wildman–Crippen MR) is 156 cm³/mol. The van der Waals surface area contributed by atoms with Crippen LogP contribution in [-0.4, -0.2) is 87.6 Å². The molecule has 14 heteroatoms. The zero-order valence-corrected chi connectivity index (χ0v) is 23.8. The maximum atomic E-state index is 13.3. The first-order valence-electron chi connectivity index (χ1n) is 14.2. The average molecular weight is 613 g/mol. The highest BCUT2D eigenvalue weighted by molar-refractivity contribution is 6.02. The third-order valence-corrected chi connectivity index (χ3v) is 7.90. The number of H-pyrrole nitrogens is 2. The van der Waals surface area contributed by atoms with E-state index in [1.54, 1.807) is 12.1 Å². The molecule has 4 N–H and O–H groups in total. The molecule has 2 aromatic carbocycles. The number of anilines is 1. The Morgan fingerprint density at radius 3 is 2.64 bits per heavy atom. The number of para-hydroxylation sites is 2. The molecule has 2 aliphatic rings. The molecule has 0 spiro atoms. The number of hydrogen-bond donors (Lipinski definition) is 4. The Morgan fingerprint density at radius 1 is 1.14 bits per heavy atom. The molecule has 11 nitrogen and oxygen atoms in total. The molecular weight excluding hydrogens is 581 g/mol. The van der Waals surface area contributed by atoms with Crippen LogP contribution in [0.15, 0.2) is 53.5 Å². The van der Waals surface area contributed by atoms with E-state index in [4.69, 9.17) is 4.74 Å². The summed E-state index contributed by atoms with van der Waals surface area (Å²) >= 11 is 0. The Morgan fingerprint density at radius 2 is 1.89 bits per heavy atom. The van der Waals surface area contributed by atoms with E-state index >= 15 is 0 Å². The fraction of sp³-hybridized carbons (Fsp3) is 0.367. The second-order valence-corrected chi connectivity index (χ2v) is 11.0. The van der Waals surface area contributed by atoms with E-state index < -0.39 is 23.8 Å². The molecule has 232 valence electrons.